The summed E-state index contributed by atoms with van der Waals surface area (Å²) >= 11 is 6.98. The van der Waals surface area contributed by atoms with E-state index >= 15 is 0 Å². The lowest BCUT2D eigenvalue weighted by molar-refractivity contribution is 0.490. The van der Waals surface area contributed by atoms with Gasteiger partial charge in [-0.1, -0.05) is 6.92 Å². The molecule has 0 saturated carbocycles. The van der Waals surface area contributed by atoms with Gasteiger partial charge in [-0.05, 0) is 58.2 Å². The van der Waals surface area contributed by atoms with E-state index in [1.54, 1.807) is 0 Å². The van der Waals surface area contributed by atoms with Gasteiger partial charge >= 0.3 is 0 Å². The maximum atomic E-state index is 4.57. The van der Waals surface area contributed by atoms with Crippen LogP contribution < -0.4 is 0 Å². The molecule has 3 nitrogen and oxygen atoms in total. The molecule has 2 heterocycles. The molecule has 2 aromatic rings. The molecule has 2 aromatic heterocycles. The normalized spacial score (nSPS) is 13.3. The summed E-state index contributed by atoms with van der Waals surface area (Å²) in [4.78, 5) is 4.48. The lowest BCUT2D eigenvalue weighted by atomic mass is 10.2. The minimum Gasteiger partial charge on any atom is -0.259 e. The van der Waals surface area contributed by atoms with Gasteiger partial charge in [0.05, 0.1) is 5.69 Å². The van der Waals surface area contributed by atoms with E-state index in [9.17, 15) is 0 Å². The molecule has 86 valence electrons. The number of hydrogen-bond acceptors (Lipinski definition) is 2. The fraction of sp³-hybridized carbons (Fsp3) is 0.455. The van der Waals surface area contributed by atoms with Crippen LogP contribution in [0.15, 0.2) is 15.1 Å². The van der Waals surface area contributed by atoms with Crippen molar-refractivity contribution in [3.63, 3.8) is 0 Å². The molecule has 0 aromatic carbocycles. The van der Waals surface area contributed by atoms with E-state index < -0.39 is 0 Å². The average molecular weight is 347 g/mol. The van der Waals surface area contributed by atoms with Gasteiger partial charge in [-0.15, -0.1) is 0 Å². The second-order valence-corrected chi connectivity index (χ2v) is 5.58. The van der Waals surface area contributed by atoms with E-state index in [1.165, 1.54) is 0 Å². The molecule has 0 unspecified atom stereocenters. The Morgan fingerprint density at radius 1 is 1.44 bits per heavy atom. The van der Waals surface area contributed by atoms with Crippen LogP contribution in [0.25, 0.3) is 11.0 Å². The van der Waals surface area contributed by atoms with Crippen molar-refractivity contribution in [2.24, 2.45) is 0 Å². The van der Waals surface area contributed by atoms with Crippen LogP contribution in [-0.2, 0) is 0 Å². The van der Waals surface area contributed by atoms with Crippen LogP contribution in [-0.4, -0.2) is 14.8 Å². The summed E-state index contributed by atoms with van der Waals surface area (Å²) in [7, 11) is 0. The summed E-state index contributed by atoms with van der Waals surface area (Å²) in [6, 6.07) is 2.35. The van der Waals surface area contributed by atoms with Crippen LogP contribution in [0, 0.1) is 6.92 Å². The van der Waals surface area contributed by atoms with Crippen molar-refractivity contribution in [1.82, 2.24) is 14.8 Å². The highest BCUT2D eigenvalue weighted by atomic mass is 79.9. The number of aromatic nitrogens is 3. The highest BCUT2D eigenvalue weighted by Crippen LogP contribution is 2.30. The number of halogens is 2. The van der Waals surface area contributed by atoms with Gasteiger partial charge in [-0.25, -0.2) is 4.98 Å². The number of aryl methyl sites for hydroxylation is 1. The molecule has 0 aliphatic heterocycles. The summed E-state index contributed by atoms with van der Waals surface area (Å²) in [5.74, 6) is 0. The van der Waals surface area contributed by atoms with Crippen LogP contribution in [0.1, 0.15) is 32.0 Å². The van der Waals surface area contributed by atoms with E-state index in [-0.39, 0.29) is 0 Å². The molecule has 0 fully saturated rings. The first kappa shape index (κ1) is 12.0. The highest BCUT2D eigenvalue weighted by Gasteiger charge is 2.15. The van der Waals surface area contributed by atoms with Crippen molar-refractivity contribution in [3.05, 3.63) is 20.8 Å². The van der Waals surface area contributed by atoms with Gasteiger partial charge in [-0.2, -0.15) is 5.10 Å². The topological polar surface area (TPSA) is 30.7 Å². The molecule has 0 spiro atoms. The van der Waals surface area contributed by atoms with Gasteiger partial charge in [0.2, 0.25) is 0 Å². The van der Waals surface area contributed by atoms with E-state index in [0.717, 1.165) is 32.2 Å². The Kier molecular flexibility index (Phi) is 3.35. The molecule has 0 amide bonds. The molecule has 0 aliphatic rings. The van der Waals surface area contributed by atoms with Crippen LogP contribution in [0.5, 0.6) is 0 Å². The Morgan fingerprint density at radius 3 is 2.75 bits per heavy atom. The van der Waals surface area contributed by atoms with Gasteiger partial charge in [0.25, 0.3) is 0 Å². The minimum atomic E-state index is 0.385. The van der Waals surface area contributed by atoms with Crippen LogP contribution in [0.3, 0.4) is 0 Å². The Balaban J connectivity index is 2.78. The summed E-state index contributed by atoms with van der Waals surface area (Å²) in [6.45, 7) is 6.32. The first-order valence-corrected chi connectivity index (χ1v) is 6.84. The molecule has 5 heteroatoms. The number of hydrogen-bond donors (Lipinski definition) is 0. The number of pyridine rings is 1. The lowest BCUT2D eigenvalue weighted by Gasteiger charge is -2.11. The zero-order valence-corrected chi connectivity index (χ0v) is 12.6. The fourth-order valence-corrected chi connectivity index (χ4v) is 3.00. The second-order valence-electron chi connectivity index (χ2n) is 3.91. The molecule has 16 heavy (non-hydrogen) atoms. The van der Waals surface area contributed by atoms with Gasteiger partial charge < -0.3 is 0 Å². The molecule has 0 N–H and O–H groups in total. The van der Waals surface area contributed by atoms with E-state index in [1.807, 2.05) is 17.7 Å². The molecule has 1 atom stereocenters. The maximum absolute atomic E-state index is 4.57. The lowest BCUT2D eigenvalue weighted by Crippen LogP contribution is -2.06. The molecule has 0 radical (unpaired) electrons. The van der Waals surface area contributed by atoms with Crippen molar-refractivity contribution in [2.45, 2.75) is 33.2 Å². The Morgan fingerprint density at radius 2 is 2.12 bits per heavy atom. The third kappa shape index (κ3) is 1.91. The third-order valence-corrected chi connectivity index (χ3v) is 3.76. The smallest absolute Gasteiger partial charge is 0.114 e. The van der Waals surface area contributed by atoms with Crippen LogP contribution in [0.2, 0.25) is 0 Å². The summed E-state index contributed by atoms with van der Waals surface area (Å²) in [5.41, 5.74) is 3.01. The standard InChI is InChI=1S/C11H13Br2N3/c1-4-6(2)16-11-8(12)5-9(13)14-10(11)7(3)15-16/h5-6H,4H2,1-3H3/t6-/m1/s1. The Hall–Kier alpha value is -0.420. The summed E-state index contributed by atoms with van der Waals surface area (Å²) < 4.78 is 3.91. The zero-order valence-electron chi connectivity index (χ0n) is 9.46. The average Bonchev–Trinajstić information content (AvgIpc) is 2.55. The number of rotatable bonds is 2. The van der Waals surface area contributed by atoms with Gasteiger partial charge in [0.1, 0.15) is 15.6 Å². The van der Waals surface area contributed by atoms with Crippen molar-refractivity contribution in [3.8, 4) is 0 Å². The highest BCUT2D eigenvalue weighted by molar-refractivity contribution is 9.11. The monoisotopic (exact) mass is 345 g/mol. The van der Waals surface area contributed by atoms with Crippen molar-refractivity contribution in [1.29, 1.82) is 0 Å². The predicted molar refractivity (Wildman–Crippen MR) is 72.7 cm³/mol. The SMILES string of the molecule is CC[C@@H](C)n1nc(C)c2nc(Br)cc(Br)c21. The largest absolute Gasteiger partial charge is 0.259 e. The van der Waals surface area contributed by atoms with Crippen molar-refractivity contribution >= 4 is 42.9 Å². The quantitative estimate of drug-likeness (QED) is 0.761. The number of nitrogens with zero attached hydrogens (tertiary/aromatic N) is 3. The second kappa shape index (κ2) is 4.45. The van der Waals surface area contributed by atoms with E-state index in [4.69, 9.17) is 0 Å². The minimum absolute atomic E-state index is 0.385. The van der Waals surface area contributed by atoms with E-state index in [0.29, 0.717) is 6.04 Å². The predicted octanol–water partition coefficient (Wildman–Crippen LogP) is 4.24. The molecule has 0 aliphatic carbocycles. The first-order chi connectivity index (χ1) is 7.54. The van der Waals surface area contributed by atoms with Gasteiger partial charge in [0, 0.05) is 10.5 Å². The zero-order chi connectivity index (χ0) is 11.9. The Labute approximate surface area is 111 Å². The molecular formula is C11H13Br2N3. The maximum Gasteiger partial charge on any atom is 0.114 e. The van der Waals surface area contributed by atoms with E-state index in [2.05, 4.69) is 55.8 Å². The molecule has 0 bridgehead atoms. The van der Waals surface area contributed by atoms with Gasteiger partial charge in [0.15, 0.2) is 0 Å². The van der Waals surface area contributed by atoms with Crippen LogP contribution in [0.4, 0.5) is 0 Å². The molecule has 2 rings (SSSR count). The molecule has 0 saturated heterocycles. The Bertz CT molecular complexity index is 533. The summed E-state index contributed by atoms with van der Waals surface area (Å²) in [6.07, 6.45) is 1.05. The number of fused-ring (bicyclic) bond motifs is 1. The van der Waals surface area contributed by atoms with Crippen LogP contribution >= 0.6 is 31.9 Å². The summed E-state index contributed by atoms with van der Waals surface area (Å²) in [5, 5.41) is 4.57. The molecular weight excluding hydrogens is 334 g/mol. The van der Waals surface area contributed by atoms with Crippen molar-refractivity contribution in [2.75, 3.05) is 0 Å². The first-order valence-electron chi connectivity index (χ1n) is 5.25. The van der Waals surface area contributed by atoms with Crippen molar-refractivity contribution < 1.29 is 0 Å². The third-order valence-electron chi connectivity index (χ3n) is 2.75. The fourth-order valence-electron chi connectivity index (χ4n) is 1.70. The van der Waals surface area contributed by atoms with Gasteiger partial charge in [-0.3, -0.25) is 4.68 Å².